The molecule has 0 radical (unpaired) electrons. The number of carbonyl (C=O) groups excluding carboxylic acids is 2. The molecule has 0 aliphatic carbocycles. The van der Waals surface area contributed by atoms with Crippen LogP contribution in [0.4, 0.5) is 5.69 Å². The number of aryl methyl sites for hydroxylation is 1. The van der Waals surface area contributed by atoms with Crippen LogP contribution in [0.3, 0.4) is 0 Å². The molecule has 0 aliphatic rings. The smallest absolute Gasteiger partial charge is 0.338 e. The fourth-order valence-electron chi connectivity index (χ4n) is 3.00. The van der Waals surface area contributed by atoms with E-state index in [-0.39, 0.29) is 34.2 Å². The molecule has 0 aromatic heterocycles. The van der Waals surface area contributed by atoms with Gasteiger partial charge in [0.15, 0.2) is 23.9 Å². The standard InChI is InChI=1S/C25H22ClNO7/c1-3-32-23-13-19(12-21(26)24(23)33-14-17-6-4-16(2)5-7-17)25(29)34-15-22(28)18-8-10-20(11-9-18)27(30)31/h4-13H,3,14-15H2,1-2H3. The number of nitro benzene ring substituents is 1. The Balaban J connectivity index is 1.69. The van der Waals surface area contributed by atoms with Gasteiger partial charge < -0.3 is 14.2 Å². The first-order valence-corrected chi connectivity index (χ1v) is 10.8. The van der Waals surface area contributed by atoms with Crippen LogP contribution in [-0.2, 0) is 11.3 Å². The Labute approximate surface area is 201 Å². The van der Waals surface area contributed by atoms with Crippen LogP contribution in [0.1, 0.15) is 38.8 Å². The highest BCUT2D eigenvalue weighted by Crippen LogP contribution is 2.37. The predicted octanol–water partition coefficient (Wildman–Crippen LogP) is 5.57. The van der Waals surface area contributed by atoms with Crippen molar-refractivity contribution >= 4 is 29.0 Å². The summed E-state index contributed by atoms with van der Waals surface area (Å²) in [7, 11) is 0. The van der Waals surface area contributed by atoms with E-state index in [0.717, 1.165) is 11.1 Å². The van der Waals surface area contributed by atoms with E-state index in [2.05, 4.69) is 0 Å². The van der Waals surface area contributed by atoms with Crippen molar-refractivity contribution in [2.45, 2.75) is 20.5 Å². The number of hydrogen-bond acceptors (Lipinski definition) is 7. The van der Waals surface area contributed by atoms with Gasteiger partial charge in [-0.05, 0) is 43.7 Å². The molecule has 0 saturated heterocycles. The summed E-state index contributed by atoms with van der Waals surface area (Å²) in [6.45, 7) is 3.81. The molecule has 176 valence electrons. The van der Waals surface area contributed by atoms with Crippen LogP contribution in [-0.4, -0.2) is 29.9 Å². The molecule has 0 aliphatic heterocycles. The van der Waals surface area contributed by atoms with Crippen LogP contribution in [0.25, 0.3) is 0 Å². The van der Waals surface area contributed by atoms with Crippen LogP contribution < -0.4 is 9.47 Å². The first-order chi connectivity index (χ1) is 16.3. The molecule has 0 atom stereocenters. The van der Waals surface area contributed by atoms with Gasteiger partial charge >= 0.3 is 5.97 Å². The average molecular weight is 484 g/mol. The molecule has 34 heavy (non-hydrogen) atoms. The Bertz CT molecular complexity index is 1190. The van der Waals surface area contributed by atoms with E-state index >= 15 is 0 Å². The lowest BCUT2D eigenvalue weighted by molar-refractivity contribution is -0.384. The molecular formula is C25H22ClNO7. The minimum Gasteiger partial charge on any atom is -0.490 e. The van der Waals surface area contributed by atoms with Gasteiger partial charge in [-0.25, -0.2) is 4.79 Å². The first kappa shape index (κ1) is 24.7. The van der Waals surface area contributed by atoms with Crippen molar-refractivity contribution in [1.82, 2.24) is 0 Å². The number of carbonyl (C=O) groups is 2. The number of benzene rings is 3. The highest BCUT2D eigenvalue weighted by Gasteiger charge is 2.19. The van der Waals surface area contributed by atoms with Crippen molar-refractivity contribution in [2.24, 2.45) is 0 Å². The number of nitro groups is 1. The van der Waals surface area contributed by atoms with E-state index in [1.165, 1.54) is 36.4 Å². The maximum absolute atomic E-state index is 12.5. The monoisotopic (exact) mass is 483 g/mol. The number of hydrogen-bond donors (Lipinski definition) is 0. The molecule has 0 heterocycles. The molecule has 8 nitrogen and oxygen atoms in total. The zero-order valence-electron chi connectivity index (χ0n) is 18.6. The zero-order valence-corrected chi connectivity index (χ0v) is 19.3. The average Bonchev–Trinajstić information content (AvgIpc) is 2.83. The Kier molecular flexibility index (Phi) is 8.21. The number of ketones is 1. The van der Waals surface area contributed by atoms with Crippen LogP contribution in [0.5, 0.6) is 11.5 Å². The highest BCUT2D eigenvalue weighted by molar-refractivity contribution is 6.32. The maximum atomic E-state index is 12.5. The summed E-state index contributed by atoms with van der Waals surface area (Å²) >= 11 is 6.37. The van der Waals surface area contributed by atoms with E-state index in [0.29, 0.717) is 12.4 Å². The number of nitrogens with zero attached hydrogens (tertiary/aromatic N) is 1. The number of Topliss-reactive ketones (excluding diaryl/α,β-unsaturated/α-hetero) is 1. The van der Waals surface area contributed by atoms with Crippen LogP contribution in [0.2, 0.25) is 5.02 Å². The van der Waals surface area contributed by atoms with Gasteiger partial charge in [-0.3, -0.25) is 14.9 Å². The summed E-state index contributed by atoms with van der Waals surface area (Å²) in [5.41, 5.74) is 2.21. The lowest BCUT2D eigenvalue weighted by Gasteiger charge is -2.15. The van der Waals surface area contributed by atoms with Crippen molar-refractivity contribution in [1.29, 1.82) is 0 Å². The van der Waals surface area contributed by atoms with Gasteiger partial charge in [0.1, 0.15) is 6.61 Å². The Hall–Kier alpha value is -3.91. The van der Waals surface area contributed by atoms with Crippen molar-refractivity contribution in [2.75, 3.05) is 13.2 Å². The molecule has 3 aromatic rings. The predicted molar refractivity (Wildman–Crippen MR) is 126 cm³/mol. The molecule has 0 amide bonds. The quantitative estimate of drug-likeness (QED) is 0.160. The number of ether oxygens (including phenoxy) is 3. The minimum atomic E-state index is -0.775. The van der Waals surface area contributed by atoms with Crippen LogP contribution >= 0.6 is 11.6 Å². The number of rotatable bonds is 10. The van der Waals surface area contributed by atoms with Gasteiger partial charge in [0.25, 0.3) is 5.69 Å². The van der Waals surface area contributed by atoms with Gasteiger partial charge in [0.05, 0.1) is 22.1 Å². The van der Waals surface area contributed by atoms with Crippen molar-refractivity contribution < 1.29 is 28.7 Å². The summed E-state index contributed by atoms with van der Waals surface area (Å²) in [4.78, 5) is 35.0. The molecule has 0 bridgehead atoms. The fraction of sp³-hybridized carbons (Fsp3) is 0.200. The highest BCUT2D eigenvalue weighted by atomic mass is 35.5. The lowest BCUT2D eigenvalue weighted by atomic mass is 10.1. The van der Waals surface area contributed by atoms with E-state index in [4.69, 9.17) is 25.8 Å². The second kappa shape index (κ2) is 11.3. The first-order valence-electron chi connectivity index (χ1n) is 10.4. The maximum Gasteiger partial charge on any atom is 0.338 e. The number of halogens is 1. The second-order valence-electron chi connectivity index (χ2n) is 7.30. The summed E-state index contributed by atoms with van der Waals surface area (Å²) < 4.78 is 16.6. The van der Waals surface area contributed by atoms with Crippen molar-refractivity contribution in [3.8, 4) is 11.5 Å². The van der Waals surface area contributed by atoms with Crippen molar-refractivity contribution in [3.63, 3.8) is 0 Å². The third-order valence-corrected chi connectivity index (χ3v) is 5.06. The molecule has 0 unspecified atom stereocenters. The van der Waals surface area contributed by atoms with Crippen LogP contribution in [0, 0.1) is 17.0 Å². The zero-order chi connectivity index (χ0) is 24.7. The second-order valence-corrected chi connectivity index (χ2v) is 7.70. The van der Waals surface area contributed by atoms with E-state index < -0.39 is 23.3 Å². The molecule has 0 fully saturated rings. The number of non-ortho nitro benzene ring substituents is 1. The lowest BCUT2D eigenvalue weighted by Crippen LogP contribution is -2.14. The fourth-order valence-corrected chi connectivity index (χ4v) is 3.26. The van der Waals surface area contributed by atoms with E-state index in [1.807, 2.05) is 31.2 Å². The van der Waals surface area contributed by atoms with Gasteiger partial charge in [-0.2, -0.15) is 0 Å². The van der Waals surface area contributed by atoms with E-state index in [9.17, 15) is 19.7 Å². The topological polar surface area (TPSA) is 105 Å². The third-order valence-electron chi connectivity index (χ3n) is 4.78. The van der Waals surface area contributed by atoms with E-state index in [1.54, 1.807) is 6.92 Å². The van der Waals surface area contributed by atoms with Gasteiger partial charge in [-0.15, -0.1) is 0 Å². The summed E-state index contributed by atoms with van der Waals surface area (Å²) in [6, 6.07) is 15.7. The largest absolute Gasteiger partial charge is 0.490 e. The van der Waals surface area contributed by atoms with Crippen LogP contribution in [0.15, 0.2) is 60.7 Å². The molecule has 3 aromatic carbocycles. The van der Waals surface area contributed by atoms with Crippen molar-refractivity contribution in [3.05, 3.63) is 98.1 Å². The SMILES string of the molecule is CCOc1cc(C(=O)OCC(=O)c2ccc([N+](=O)[O-])cc2)cc(Cl)c1OCc1ccc(C)cc1. The normalized spacial score (nSPS) is 10.4. The van der Waals surface area contributed by atoms with Gasteiger partial charge in [0, 0.05) is 17.7 Å². The molecule has 0 spiro atoms. The molecule has 9 heteroatoms. The molecule has 3 rings (SSSR count). The summed E-state index contributed by atoms with van der Waals surface area (Å²) in [5.74, 6) is -0.709. The summed E-state index contributed by atoms with van der Waals surface area (Å²) in [5, 5.41) is 10.9. The van der Waals surface area contributed by atoms with Gasteiger partial charge in [0.2, 0.25) is 0 Å². The Morgan fingerprint density at radius 2 is 1.65 bits per heavy atom. The molecular weight excluding hydrogens is 462 g/mol. The summed E-state index contributed by atoms with van der Waals surface area (Å²) in [6.07, 6.45) is 0. The third kappa shape index (κ3) is 6.32. The van der Waals surface area contributed by atoms with Gasteiger partial charge in [-0.1, -0.05) is 41.4 Å². The molecule has 0 N–H and O–H groups in total. The minimum absolute atomic E-state index is 0.0904. The molecule has 0 saturated carbocycles. The Morgan fingerprint density at radius 3 is 2.26 bits per heavy atom. The number of esters is 1. The Morgan fingerprint density at radius 1 is 0.971 bits per heavy atom.